The van der Waals surface area contributed by atoms with Crippen molar-refractivity contribution in [3.63, 3.8) is 0 Å². The quantitative estimate of drug-likeness (QED) is 0.109. The van der Waals surface area contributed by atoms with Gasteiger partial charge in [-0.1, -0.05) is 124 Å². The smallest absolute Gasteiger partial charge is 0.339 e. The number of esters is 2. The molecule has 1 N–H and O–H groups in total. The summed E-state index contributed by atoms with van der Waals surface area (Å²) in [5.41, 5.74) is -0.575. The van der Waals surface area contributed by atoms with E-state index >= 15 is 0 Å². The fourth-order valence-corrected chi connectivity index (χ4v) is 4.69. The van der Waals surface area contributed by atoms with Gasteiger partial charge in [0.2, 0.25) is 0 Å². The largest absolute Gasteiger partial charge is 0.478 e. The number of carboxylic acids is 1. The maximum atomic E-state index is 12.6. The second-order valence-corrected chi connectivity index (χ2v) is 11.6. The van der Waals surface area contributed by atoms with Crippen LogP contribution >= 0.6 is 0 Å². The Morgan fingerprint density at radius 1 is 0.590 bits per heavy atom. The zero-order valence-corrected chi connectivity index (χ0v) is 25.1. The van der Waals surface area contributed by atoms with Gasteiger partial charge in [0.05, 0.1) is 29.9 Å². The maximum Gasteiger partial charge on any atom is 0.339 e. The summed E-state index contributed by atoms with van der Waals surface area (Å²) < 4.78 is 10.7. The molecule has 0 fully saturated rings. The number of rotatable bonds is 23. The molecule has 1 aromatic rings. The summed E-state index contributed by atoms with van der Waals surface area (Å²) in [7, 11) is 0. The van der Waals surface area contributed by atoms with Crippen molar-refractivity contribution in [1.29, 1.82) is 0 Å². The van der Waals surface area contributed by atoms with Crippen LogP contribution in [0.2, 0.25) is 0 Å². The monoisotopic (exact) mass is 546 g/mol. The van der Waals surface area contributed by atoms with Crippen LogP contribution in [-0.4, -0.2) is 36.2 Å². The molecule has 0 aliphatic heterocycles. The molecule has 39 heavy (non-hydrogen) atoms. The van der Waals surface area contributed by atoms with Crippen molar-refractivity contribution in [2.75, 3.05) is 13.2 Å². The molecule has 6 nitrogen and oxygen atoms in total. The Balaban J connectivity index is 2.37. The van der Waals surface area contributed by atoms with Crippen molar-refractivity contribution in [1.82, 2.24) is 0 Å². The van der Waals surface area contributed by atoms with Crippen molar-refractivity contribution in [3.05, 3.63) is 34.9 Å². The van der Waals surface area contributed by atoms with Crippen LogP contribution in [0.4, 0.5) is 0 Å². The number of ether oxygens (including phenoxy) is 2. The molecule has 0 unspecified atom stereocenters. The Bertz CT molecular complexity index is 771. The molecular weight excluding hydrogens is 492 g/mol. The number of carboxylic acid groups (broad SMARTS) is 1. The zero-order valence-electron chi connectivity index (χ0n) is 25.1. The molecule has 1 aromatic carbocycles. The summed E-state index contributed by atoms with van der Waals surface area (Å²) in [5, 5.41) is 9.75. The number of unbranched alkanes of at least 4 members (excludes halogenated alkanes) is 12. The maximum absolute atomic E-state index is 12.6. The van der Waals surface area contributed by atoms with Crippen molar-refractivity contribution in [2.24, 2.45) is 11.8 Å². The van der Waals surface area contributed by atoms with Gasteiger partial charge in [-0.2, -0.15) is 0 Å². The van der Waals surface area contributed by atoms with E-state index < -0.39 is 17.9 Å². The van der Waals surface area contributed by atoms with Gasteiger partial charge in [-0.05, 0) is 36.8 Å². The Morgan fingerprint density at radius 3 is 1.26 bits per heavy atom. The lowest BCUT2D eigenvalue weighted by atomic mass is 10.0. The van der Waals surface area contributed by atoms with Gasteiger partial charge in [0.15, 0.2) is 0 Å². The minimum atomic E-state index is -1.34. The SMILES string of the molecule is CC(C)CCCCCCCCCOC(=O)c1cccc(C(=O)OCCCCCCCCCC(C)C)c1C(=O)O. The molecule has 222 valence electrons. The van der Waals surface area contributed by atoms with Gasteiger partial charge in [0, 0.05) is 0 Å². The predicted octanol–water partition coefficient (Wildman–Crippen LogP) is 9.25. The Hall–Kier alpha value is -2.37. The fourth-order valence-electron chi connectivity index (χ4n) is 4.69. The molecule has 0 amide bonds. The first-order chi connectivity index (χ1) is 18.7. The highest BCUT2D eigenvalue weighted by Crippen LogP contribution is 2.19. The number of hydrogen-bond donors (Lipinski definition) is 1. The molecule has 0 atom stereocenters. The van der Waals surface area contributed by atoms with Crippen LogP contribution in [0.5, 0.6) is 0 Å². The summed E-state index contributed by atoms with van der Waals surface area (Å²) in [6, 6.07) is 4.28. The number of hydrogen-bond acceptors (Lipinski definition) is 5. The summed E-state index contributed by atoms with van der Waals surface area (Å²) in [6.07, 6.45) is 18.1. The Labute approximate surface area is 237 Å². The third-order valence-electron chi connectivity index (χ3n) is 7.04. The molecule has 6 heteroatoms. The van der Waals surface area contributed by atoms with Crippen LogP contribution in [0.3, 0.4) is 0 Å². The van der Waals surface area contributed by atoms with Crippen LogP contribution in [0.25, 0.3) is 0 Å². The molecule has 0 bridgehead atoms. The number of carbonyl (C=O) groups is 3. The molecule has 1 rings (SSSR count). The van der Waals surface area contributed by atoms with E-state index in [4.69, 9.17) is 9.47 Å². The van der Waals surface area contributed by atoms with Crippen LogP contribution in [0.1, 0.15) is 162 Å². The molecular formula is C33H54O6. The molecule has 0 saturated carbocycles. The highest BCUT2D eigenvalue weighted by molar-refractivity contribution is 6.09. The Kier molecular flexibility index (Phi) is 19.1. The van der Waals surface area contributed by atoms with Crippen LogP contribution in [-0.2, 0) is 9.47 Å². The van der Waals surface area contributed by atoms with Gasteiger partial charge in [-0.25, -0.2) is 14.4 Å². The first-order valence-corrected chi connectivity index (χ1v) is 15.4. The van der Waals surface area contributed by atoms with Gasteiger partial charge in [-0.15, -0.1) is 0 Å². The molecule has 0 aromatic heterocycles. The van der Waals surface area contributed by atoms with Crippen molar-refractivity contribution < 1.29 is 29.0 Å². The van der Waals surface area contributed by atoms with Crippen LogP contribution in [0, 0.1) is 11.8 Å². The molecule has 0 heterocycles. The zero-order chi connectivity index (χ0) is 28.9. The van der Waals surface area contributed by atoms with Gasteiger partial charge >= 0.3 is 17.9 Å². The summed E-state index contributed by atoms with van der Waals surface area (Å²) in [4.78, 5) is 37.2. The van der Waals surface area contributed by atoms with Crippen molar-refractivity contribution in [3.8, 4) is 0 Å². The summed E-state index contributed by atoms with van der Waals surface area (Å²) in [6.45, 7) is 9.48. The van der Waals surface area contributed by atoms with E-state index in [1.807, 2.05) is 0 Å². The normalized spacial score (nSPS) is 11.2. The number of carbonyl (C=O) groups excluding carboxylic acids is 2. The van der Waals surface area contributed by atoms with E-state index in [0.717, 1.165) is 50.4 Å². The van der Waals surface area contributed by atoms with Crippen molar-refractivity contribution in [2.45, 2.75) is 130 Å². The van der Waals surface area contributed by atoms with E-state index in [0.29, 0.717) is 0 Å². The fraction of sp³-hybridized carbons (Fsp3) is 0.727. The average Bonchev–Trinajstić information content (AvgIpc) is 2.89. The highest BCUT2D eigenvalue weighted by atomic mass is 16.5. The van der Waals surface area contributed by atoms with E-state index in [1.165, 1.54) is 82.4 Å². The minimum Gasteiger partial charge on any atom is -0.478 e. The molecule has 0 saturated heterocycles. The molecule has 0 radical (unpaired) electrons. The van der Waals surface area contributed by atoms with Crippen LogP contribution in [0.15, 0.2) is 18.2 Å². The first-order valence-electron chi connectivity index (χ1n) is 15.4. The standard InChI is InChI=1S/C33H54O6/c1-26(2)20-15-11-7-5-9-13-17-24-38-32(36)28-22-19-23-29(30(28)31(34)35)33(37)39-25-18-14-10-6-8-12-16-21-27(3)4/h19,22-23,26-27H,5-18,20-21,24-25H2,1-4H3,(H,34,35). The lowest BCUT2D eigenvalue weighted by Crippen LogP contribution is -2.18. The van der Waals surface area contributed by atoms with Gasteiger partial charge in [0.25, 0.3) is 0 Å². The van der Waals surface area contributed by atoms with Crippen molar-refractivity contribution >= 4 is 17.9 Å². The molecule has 0 aliphatic rings. The topological polar surface area (TPSA) is 89.9 Å². The Morgan fingerprint density at radius 2 is 0.923 bits per heavy atom. The van der Waals surface area contributed by atoms with Gasteiger partial charge in [0.1, 0.15) is 0 Å². The van der Waals surface area contributed by atoms with E-state index in [-0.39, 0.29) is 29.9 Å². The number of benzene rings is 1. The second kappa shape index (κ2) is 21.5. The lowest BCUT2D eigenvalue weighted by Gasteiger charge is -2.11. The third kappa shape index (κ3) is 16.4. The predicted molar refractivity (Wildman–Crippen MR) is 158 cm³/mol. The molecule has 0 aliphatic carbocycles. The average molecular weight is 547 g/mol. The first kappa shape index (κ1) is 34.7. The molecule has 0 spiro atoms. The lowest BCUT2D eigenvalue weighted by molar-refractivity contribution is 0.0476. The van der Waals surface area contributed by atoms with E-state index in [1.54, 1.807) is 0 Å². The van der Waals surface area contributed by atoms with E-state index in [2.05, 4.69) is 27.7 Å². The van der Waals surface area contributed by atoms with E-state index in [9.17, 15) is 19.5 Å². The van der Waals surface area contributed by atoms with Gasteiger partial charge in [-0.3, -0.25) is 0 Å². The summed E-state index contributed by atoms with van der Waals surface area (Å²) >= 11 is 0. The third-order valence-corrected chi connectivity index (χ3v) is 7.04. The minimum absolute atomic E-state index is 0.112. The number of aromatic carboxylic acids is 1. The van der Waals surface area contributed by atoms with Gasteiger partial charge < -0.3 is 14.6 Å². The highest BCUT2D eigenvalue weighted by Gasteiger charge is 2.25. The summed E-state index contributed by atoms with van der Waals surface area (Å²) in [5.74, 6) is -1.25. The van der Waals surface area contributed by atoms with Crippen LogP contribution < -0.4 is 0 Å². The second-order valence-electron chi connectivity index (χ2n) is 11.6.